The fraction of sp³-hybridized carbons (Fsp3) is 0.600. The SMILES string of the molecule is COc1cc(OC)cc(S(=O)(=O)N2CCC(C(C)N)CC2)c1.Cl. The molecule has 0 bridgehead atoms. The molecular weight excluding hydrogens is 340 g/mol. The van der Waals surface area contributed by atoms with E-state index in [1.165, 1.54) is 30.7 Å². The van der Waals surface area contributed by atoms with E-state index < -0.39 is 10.0 Å². The van der Waals surface area contributed by atoms with Crippen LogP contribution in [0.4, 0.5) is 0 Å². The van der Waals surface area contributed by atoms with Crippen molar-refractivity contribution in [3.63, 3.8) is 0 Å². The summed E-state index contributed by atoms with van der Waals surface area (Å²) in [5.41, 5.74) is 5.91. The van der Waals surface area contributed by atoms with Gasteiger partial charge in [0, 0.05) is 37.3 Å². The molecule has 0 aromatic heterocycles. The minimum absolute atomic E-state index is 0. The van der Waals surface area contributed by atoms with E-state index in [4.69, 9.17) is 15.2 Å². The van der Waals surface area contributed by atoms with E-state index in [-0.39, 0.29) is 23.3 Å². The van der Waals surface area contributed by atoms with Crippen LogP contribution in [0.5, 0.6) is 11.5 Å². The molecule has 0 aliphatic carbocycles. The molecule has 0 amide bonds. The number of halogens is 1. The highest BCUT2D eigenvalue weighted by Crippen LogP contribution is 2.30. The number of sulfonamides is 1. The Morgan fingerprint density at radius 1 is 1.13 bits per heavy atom. The first-order valence-electron chi connectivity index (χ1n) is 7.37. The number of piperidine rings is 1. The molecule has 0 radical (unpaired) electrons. The van der Waals surface area contributed by atoms with Gasteiger partial charge >= 0.3 is 0 Å². The molecule has 132 valence electrons. The van der Waals surface area contributed by atoms with Gasteiger partial charge in [0.2, 0.25) is 10.0 Å². The maximum atomic E-state index is 12.8. The Labute approximate surface area is 144 Å². The molecule has 2 rings (SSSR count). The molecule has 6 nitrogen and oxygen atoms in total. The summed E-state index contributed by atoms with van der Waals surface area (Å²) in [5.74, 6) is 1.30. The molecule has 1 aromatic rings. The zero-order valence-corrected chi connectivity index (χ0v) is 15.3. The summed E-state index contributed by atoms with van der Waals surface area (Å²) in [6, 6.07) is 4.80. The van der Waals surface area contributed by atoms with Gasteiger partial charge in [-0.3, -0.25) is 0 Å². The Balaban J connectivity index is 0.00000264. The second-order valence-corrected chi connectivity index (χ2v) is 7.59. The predicted molar refractivity (Wildman–Crippen MR) is 91.9 cm³/mol. The van der Waals surface area contributed by atoms with Crippen LogP contribution in [-0.2, 0) is 10.0 Å². The third kappa shape index (κ3) is 4.50. The van der Waals surface area contributed by atoms with Gasteiger partial charge in [-0.25, -0.2) is 8.42 Å². The Kier molecular flexibility index (Phi) is 7.13. The lowest BCUT2D eigenvalue weighted by Crippen LogP contribution is -2.42. The zero-order chi connectivity index (χ0) is 16.3. The van der Waals surface area contributed by atoms with Crippen LogP contribution in [-0.4, -0.2) is 46.1 Å². The van der Waals surface area contributed by atoms with Crippen LogP contribution in [0.15, 0.2) is 23.1 Å². The van der Waals surface area contributed by atoms with Crippen LogP contribution >= 0.6 is 12.4 Å². The smallest absolute Gasteiger partial charge is 0.243 e. The van der Waals surface area contributed by atoms with Crippen LogP contribution in [0, 0.1) is 5.92 Å². The van der Waals surface area contributed by atoms with Gasteiger partial charge in [0.15, 0.2) is 0 Å². The molecule has 1 aliphatic rings. The normalized spacial score (nSPS) is 18.1. The van der Waals surface area contributed by atoms with Crippen molar-refractivity contribution in [3.05, 3.63) is 18.2 Å². The first-order chi connectivity index (χ1) is 10.4. The lowest BCUT2D eigenvalue weighted by Gasteiger charge is -2.33. The first-order valence-corrected chi connectivity index (χ1v) is 8.81. The van der Waals surface area contributed by atoms with Gasteiger partial charge < -0.3 is 15.2 Å². The summed E-state index contributed by atoms with van der Waals surface area (Å²) in [6.45, 7) is 2.96. The maximum absolute atomic E-state index is 12.8. The van der Waals surface area contributed by atoms with Crippen molar-refractivity contribution in [2.24, 2.45) is 11.7 Å². The highest BCUT2D eigenvalue weighted by Gasteiger charge is 2.31. The highest BCUT2D eigenvalue weighted by molar-refractivity contribution is 7.89. The summed E-state index contributed by atoms with van der Waals surface area (Å²) in [5, 5.41) is 0. The first kappa shape index (κ1) is 20.0. The van der Waals surface area contributed by atoms with Crippen LogP contribution < -0.4 is 15.2 Å². The van der Waals surface area contributed by atoms with Gasteiger partial charge in [-0.2, -0.15) is 4.31 Å². The van der Waals surface area contributed by atoms with Crippen molar-refractivity contribution in [2.75, 3.05) is 27.3 Å². The molecule has 0 saturated carbocycles. The lowest BCUT2D eigenvalue weighted by atomic mass is 9.92. The minimum atomic E-state index is -3.54. The third-order valence-corrected chi connectivity index (χ3v) is 6.08. The molecule has 23 heavy (non-hydrogen) atoms. The van der Waals surface area contributed by atoms with E-state index in [1.54, 1.807) is 6.07 Å². The largest absolute Gasteiger partial charge is 0.497 e. The summed E-state index contributed by atoms with van der Waals surface area (Å²) in [6.07, 6.45) is 1.58. The Morgan fingerprint density at radius 2 is 1.61 bits per heavy atom. The number of nitrogens with two attached hydrogens (primary N) is 1. The van der Waals surface area contributed by atoms with Crippen molar-refractivity contribution < 1.29 is 17.9 Å². The van der Waals surface area contributed by atoms with Crippen molar-refractivity contribution in [2.45, 2.75) is 30.7 Å². The lowest BCUT2D eigenvalue weighted by molar-refractivity contribution is 0.250. The molecular formula is C15H25ClN2O4S. The molecule has 1 saturated heterocycles. The quantitative estimate of drug-likeness (QED) is 0.862. The van der Waals surface area contributed by atoms with Gasteiger partial charge in [0.1, 0.15) is 11.5 Å². The maximum Gasteiger partial charge on any atom is 0.243 e. The second-order valence-electron chi connectivity index (χ2n) is 5.65. The van der Waals surface area contributed by atoms with E-state index in [0.29, 0.717) is 30.5 Å². The van der Waals surface area contributed by atoms with Crippen LogP contribution in [0.25, 0.3) is 0 Å². The molecule has 2 N–H and O–H groups in total. The molecule has 0 spiro atoms. The number of ether oxygens (including phenoxy) is 2. The van der Waals surface area contributed by atoms with Crippen molar-refractivity contribution in [1.82, 2.24) is 4.31 Å². The molecule has 1 unspecified atom stereocenters. The third-order valence-electron chi connectivity index (χ3n) is 4.20. The molecule has 1 fully saturated rings. The average Bonchev–Trinajstić information content (AvgIpc) is 2.54. The van der Waals surface area contributed by atoms with E-state index in [2.05, 4.69) is 0 Å². The number of rotatable bonds is 5. The van der Waals surface area contributed by atoms with Gasteiger partial charge in [-0.15, -0.1) is 12.4 Å². The number of nitrogens with zero attached hydrogens (tertiary/aromatic N) is 1. The van der Waals surface area contributed by atoms with Gasteiger partial charge in [0.25, 0.3) is 0 Å². The summed E-state index contributed by atoms with van der Waals surface area (Å²) < 4.78 is 37.4. The summed E-state index contributed by atoms with van der Waals surface area (Å²) in [7, 11) is -0.545. The molecule has 1 atom stereocenters. The number of hydrogen-bond acceptors (Lipinski definition) is 5. The van der Waals surface area contributed by atoms with Gasteiger partial charge in [-0.1, -0.05) is 0 Å². The van der Waals surface area contributed by atoms with Gasteiger partial charge in [-0.05, 0) is 25.7 Å². The fourth-order valence-corrected chi connectivity index (χ4v) is 4.24. The summed E-state index contributed by atoms with van der Waals surface area (Å²) >= 11 is 0. The molecule has 1 aromatic carbocycles. The van der Waals surface area contributed by atoms with E-state index in [9.17, 15) is 8.42 Å². The summed E-state index contributed by atoms with van der Waals surface area (Å²) in [4.78, 5) is 0.197. The number of methoxy groups -OCH3 is 2. The van der Waals surface area contributed by atoms with Crippen molar-refractivity contribution in [3.8, 4) is 11.5 Å². The second kappa shape index (κ2) is 8.19. The van der Waals surface area contributed by atoms with Crippen LogP contribution in [0.1, 0.15) is 19.8 Å². The van der Waals surface area contributed by atoms with E-state index in [1.807, 2.05) is 6.92 Å². The molecule has 8 heteroatoms. The van der Waals surface area contributed by atoms with Crippen LogP contribution in [0.2, 0.25) is 0 Å². The molecule has 1 heterocycles. The van der Waals surface area contributed by atoms with E-state index in [0.717, 1.165) is 12.8 Å². The monoisotopic (exact) mass is 364 g/mol. The highest BCUT2D eigenvalue weighted by atomic mass is 35.5. The topological polar surface area (TPSA) is 81.9 Å². The Morgan fingerprint density at radius 3 is 2.00 bits per heavy atom. The Bertz CT molecular complexity index is 592. The molecule has 1 aliphatic heterocycles. The van der Waals surface area contributed by atoms with Crippen molar-refractivity contribution in [1.29, 1.82) is 0 Å². The van der Waals surface area contributed by atoms with Gasteiger partial charge in [0.05, 0.1) is 19.1 Å². The zero-order valence-electron chi connectivity index (χ0n) is 13.7. The number of benzene rings is 1. The average molecular weight is 365 g/mol. The van der Waals surface area contributed by atoms with Crippen LogP contribution in [0.3, 0.4) is 0 Å². The fourth-order valence-electron chi connectivity index (χ4n) is 2.72. The van der Waals surface area contributed by atoms with E-state index >= 15 is 0 Å². The predicted octanol–water partition coefficient (Wildman–Crippen LogP) is 1.87. The number of hydrogen-bond donors (Lipinski definition) is 1. The standard InChI is InChI=1S/C15H24N2O4S.ClH/c1-11(16)12-4-6-17(7-5-12)22(18,19)15-9-13(20-2)8-14(10-15)21-3;/h8-12H,4-7,16H2,1-3H3;1H. The minimum Gasteiger partial charge on any atom is -0.497 e. The Hall–Kier alpha value is -1.02. The van der Waals surface area contributed by atoms with Crippen molar-refractivity contribution >= 4 is 22.4 Å².